The number of carbonyl (C=O) groups excluding carboxylic acids is 2. The summed E-state index contributed by atoms with van der Waals surface area (Å²) in [4.78, 5) is 22.8. The van der Waals surface area contributed by atoms with Crippen molar-refractivity contribution in [2.75, 3.05) is 6.61 Å². The van der Waals surface area contributed by atoms with Crippen molar-refractivity contribution in [2.45, 2.75) is 6.61 Å². The lowest BCUT2D eigenvalue weighted by Crippen LogP contribution is -2.34. The number of nitrogens with two attached hydrogens (primary N) is 1. The van der Waals surface area contributed by atoms with E-state index in [2.05, 4.69) is 0 Å². The number of hydrogen-bond acceptors (Lipinski definition) is 5. The number of carbonyl (C=O) groups is 2. The van der Waals surface area contributed by atoms with E-state index in [0.29, 0.717) is 11.3 Å². The number of esters is 1. The molecule has 0 aliphatic heterocycles. The lowest BCUT2D eigenvalue weighted by Gasteiger charge is -2.07. The Morgan fingerprint density at radius 1 is 1.00 bits per heavy atom. The van der Waals surface area contributed by atoms with Crippen molar-refractivity contribution in [3.05, 3.63) is 65.7 Å². The van der Waals surface area contributed by atoms with Crippen LogP contribution in [0.4, 0.5) is 0 Å². The fraction of sp³-hybridized carbons (Fsp3) is 0.125. The zero-order chi connectivity index (χ0) is 15.8. The van der Waals surface area contributed by atoms with Crippen molar-refractivity contribution in [1.29, 1.82) is 0 Å². The molecule has 0 radical (unpaired) electrons. The van der Waals surface area contributed by atoms with Gasteiger partial charge in [-0.25, -0.2) is 10.6 Å². The number of nitrogens with one attached hydrogen (secondary N) is 1. The van der Waals surface area contributed by atoms with Crippen LogP contribution in [0.5, 0.6) is 5.75 Å². The molecule has 0 spiro atoms. The number of benzene rings is 2. The Morgan fingerprint density at radius 3 is 2.32 bits per heavy atom. The normalized spacial score (nSPS) is 9.86. The summed E-state index contributed by atoms with van der Waals surface area (Å²) in [7, 11) is 0. The van der Waals surface area contributed by atoms with Crippen molar-refractivity contribution in [3.8, 4) is 5.75 Å². The van der Waals surface area contributed by atoms with E-state index >= 15 is 0 Å². The zero-order valence-electron chi connectivity index (χ0n) is 11.8. The third-order valence-corrected chi connectivity index (χ3v) is 2.83. The van der Waals surface area contributed by atoms with Crippen LogP contribution >= 0.6 is 0 Å². The van der Waals surface area contributed by atoms with Crippen molar-refractivity contribution >= 4 is 11.9 Å². The largest absolute Gasteiger partial charge is 0.484 e. The van der Waals surface area contributed by atoms with E-state index in [1.165, 1.54) is 0 Å². The second-order valence-electron chi connectivity index (χ2n) is 4.44. The smallest absolute Gasteiger partial charge is 0.338 e. The topological polar surface area (TPSA) is 90.6 Å². The van der Waals surface area contributed by atoms with Gasteiger partial charge in [0.15, 0.2) is 6.61 Å². The fourth-order valence-corrected chi connectivity index (χ4v) is 1.68. The van der Waals surface area contributed by atoms with Crippen molar-refractivity contribution in [2.24, 2.45) is 5.84 Å². The molecule has 0 heterocycles. The molecule has 0 aromatic heterocycles. The highest BCUT2D eigenvalue weighted by molar-refractivity contribution is 5.89. The molecule has 0 atom stereocenters. The van der Waals surface area contributed by atoms with Crippen LogP contribution in [0.3, 0.4) is 0 Å². The second-order valence-corrected chi connectivity index (χ2v) is 4.44. The summed E-state index contributed by atoms with van der Waals surface area (Å²) in [6.45, 7) is 0.0307. The van der Waals surface area contributed by atoms with Crippen LogP contribution in [0, 0.1) is 0 Å². The van der Waals surface area contributed by atoms with E-state index in [0.717, 1.165) is 5.56 Å². The highest BCUT2D eigenvalue weighted by Crippen LogP contribution is 2.13. The van der Waals surface area contributed by atoms with E-state index < -0.39 is 11.9 Å². The van der Waals surface area contributed by atoms with Crippen LogP contribution in [0.1, 0.15) is 15.9 Å². The van der Waals surface area contributed by atoms with Crippen LogP contribution in [-0.2, 0) is 16.1 Å². The van der Waals surface area contributed by atoms with Gasteiger partial charge in [-0.15, -0.1) is 0 Å². The molecule has 2 rings (SSSR count). The predicted octanol–water partition coefficient (Wildman–Crippen LogP) is 1.41. The third kappa shape index (κ3) is 4.60. The molecule has 6 nitrogen and oxygen atoms in total. The van der Waals surface area contributed by atoms with Gasteiger partial charge in [0.1, 0.15) is 12.4 Å². The van der Waals surface area contributed by atoms with Gasteiger partial charge in [-0.1, -0.05) is 30.3 Å². The number of hydrazine groups is 1. The minimum absolute atomic E-state index is 0.186. The Bertz CT molecular complexity index is 626. The first-order chi connectivity index (χ1) is 10.7. The van der Waals surface area contributed by atoms with Gasteiger partial charge in [0.05, 0.1) is 5.56 Å². The van der Waals surface area contributed by atoms with Crippen LogP contribution < -0.4 is 16.0 Å². The summed E-state index contributed by atoms with van der Waals surface area (Å²) in [6.07, 6.45) is 0. The maximum Gasteiger partial charge on any atom is 0.338 e. The van der Waals surface area contributed by atoms with Gasteiger partial charge in [-0.05, 0) is 29.8 Å². The molecule has 0 saturated heterocycles. The number of hydrogen-bond donors (Lipinski definition) is 2. The number of rotatable bonds is 6. The van der Waals surface area contributed by atoms with Crippen molar-refractivity contribution < 1.29 is 19.1 Å². The average molecular weight is 300 g/mol. The quantitative estimate of drug-likeness (QED) is 0.364. The van der Waals surface area contributed by atoms with Gasteiger partial charge in [-0.3, -0.25) is 10.2 Å². The molecule has 0 saturated carbocycles. The van der Waals surface area contributed by atoms with Crippen molar-refractivity contribution in [3.63, 3.8) is 0 Å². The Labute approximate surface area is 127 Å². The molecular weight excluding hydrogens is 284 g/mol. The van der Waals surface area contributed by atoms with Crippen LogP contribution in [0.2, 0.25) is 0 Å². The van der Waals surface area contributed by atoms with Crippen LogP contribution in [0.25, 0.3) is 0 Å². The summed E-state index contributed by atoms with van der Waals surface area (Å²) in [5.41, 5.74) is 3.29. The van der Waals surface area contributed by atoms with Crippen molar-refractivity contribution in [1.82, 2.24) is 5.43 Å². The lowest BCUT2D eigenvalue weighted by atomic mass is 10.2. The molecule has 0 unspecified atom stereocenters. The Morgan fingerprint density at radius 2 is 1.68 bits per heavy atom. The highest BCUT2D eigenvalue weighted by Gasteiger charge is 2.08. The molecule has 3 N–H and O–H groups in total. The Kier molecular flexibility index (Phi) is 5.50. The van der Waals surface area contributed by atoms with Crippen LogP contribution in [-0.4, -0.2) is 18.5 Å². The summed E-state index contributed by atoms with van der Waals surface area (Å²) in [5, 5.41) is 0. The first-order valence-electron chi connectivity index (χ1n) is 6.62. The molecular formula is C16H16N2O4. The van der Waals surface area contributed by atoms with Gasteiger partial charge < -0.3 is 9.47 Å². The molecule has 6 heteroatoms. The Hall–Kier alpha value is -2.86. The third-order valence-electron chi connectivity index (χ3n) is 2.83. The number of amides is 1. The maximum atomic E-state index is 11.9. The van der Waals surface area contributed by atoms with E-state index in [1.54, 1.807) is 24.3 Å². The van der Waals surface area contributed by atoms with Crippen LogP contribution in [0.15, 0.2) is 54.6 Å². The molecule has 114 valence electrons. The predicted molar refractivity (Wildman–Crippen MR) is 79.8 cm³/mol. The first-order valence-corrected chi connectivity index (χ1v) is 6.62. The van der Waals surface area contributed by atoms with E-state index in [1.807, 2.05) is 35.8 Å². The lowest BCUT2D eigenvalue weighted by molar-refractivity contribution is -0.123. The Balaban J connectivity index is 1.87. The van der Waals surface area contributed by atoms with Gasteiger partial charge >= 0.3 is 5.97 Å². The van der Waals surface area contributed by atoms with E-state index in [4.69, 9.17) is 15.3 Å². The summed E-state index contributed by atoms with van der Waals surface area (Å²) in [6, 6.07) is 15.7. The molecule has 0 aliphatic carbocycles. The van der Waals surface area contributed by atoms with Gasteiger partial charge in [0.2, 0.25) is 0 Å². The SMILES string of the molecule is NNC(=O)COc1ccc(C(=O)OCc2ccccc2)cc1. The molecule has 0 bridgehead atoms. The molecule has 0 fully saturated rings. The van der Waals surface area contributed by atoms with Gasteiger partial charge in [-0.2, -0.15) is 0 Å². The van der Waals surface area contributed by atoms with Gasteiger partial charge in [0, 0.05) is 0 Å². The summed E-state index contributed by atoms with van der Waals surface area (Å²) < 4.78 is 10.4. The minimum Gasteiger partial charge on any atom is -0.484 e. The molecule has 2 aromatic carbocycles. The summed E-state index contributed by atoms with van der Waals surface area (Å²) in [5.74, 6) is 4.54. The first kappa shape index (κ1) is 15.5. The van der Waals surface area contributed by atoms with E-state index in [-0.39, 0.29) is 13.2 Å². The zero-order valence-corrected chi connectivity index (χ0v) is 11.8. The molecule has 1 amide bonds. The average Bonchev–Trinajstić information content (AvgIpc) is 2.59. The monoisotopic (exact) mass is 300 g/mol. The second kappa shape index (κ2) is 7.80. The molecule has 2 aromatic rings. The minimum atomic E-state index is -0.439. The molecule has 0 aliphatic rings. The highest BCUT2D eigenvalue weighted by atomic mass is 16.5. The molecule has 22 heavy (non-hydrogen) atoms. The van der Waals surface area contributed by atoms with E-state index in [9.17, 15) is 9.59 Å². The number of ether oxygens (including phenoxy) is 2. The summed E-state index contributed by atoms with van der Waals surface area (Å²) >= 11 is 0. The fourth-order valence-electron chi connectivity index (χ4n) is 1.68. The standard InChI is InChI=1S/C16H16N2O4/c17-18-15(19)11-21-14-8-6-13(7-9-14)16(20)22-10-12-4-2-1-3-5-12/h1-9H,10-11,17H2,(H,18,19). The van der Waals surface area contributed by atoms with Gasteiger partial charge in [0.25, 0.3) is 5.91 Å². The maximum absolute atomic E-state index is 11.9.